The number of phenolic OH excluding ortho intramolecular Hbond substituents is 1. The quantitative estimate of drug-likeness (QED) is 0.298. The lowest BCUT2D eigenvalue weighted by Crippen LogP contribution is -2.74. The predicted octanol–water partition coefficient (Wildman–Crippen LogP) is -2.05. The van der Waals surface area contributed by atoms with Gasteiger partial charge in [-0.2, -0.15) is 0 Å². The number of fused-ring (bicyclic) bond motifs is 3. The number of nitrogens with one attached hydrogen (secondary N) is 1. The second kappa shape index (κ2) is 8.26. The van der Waals surface area contributed by atoms with Gasteiger partial charge in [0.25, 0.3) is 0 Å². The first kappa shape index (κ1) is 24.0. The van der Waals surface area contributed by atoms with Crippen molar-refractivity contribution in [3.63, 3.8) is 0 Å². The molecule has 11 nitrogen and oxygen atoms in total. The van der Waals surface area contributed by atoms with Gasteiger partial charge in [-0.1, -0.05) is 0 Å². The number of amides is 1. The van der Waals surface area contributed by atoms with Gasteiger partial charge in [0.15, 0.2) is 34.7 Å². The fraction of sp³-hybridized carbons (Fsp3) is 0.522. The third-order valence-electron chi connectivity index (χ3n) is 7.36. The Morgan fingerprint density at radius 2 is 1.88 bits per heavy atom. The molecule has 34 heavy (non-hydrogen) atoms. The molecule has 0 aromatic heterocycles. The Morgan fingerprint density at radius 3 is 2.47 bits per heavy atom. The van der Waals surface area contributed by atoms with Crippen LogP contribution >= 0.6 is 0 Å². The molecular weight excluding hydrogens is 446 g/mol. The molecule has 1 amide bonds. The van der Waals surface area contributed by atoms with E-state index in [-0.39, 0.29) is 37.3 Å². The first-order valence-electron chi connectivity index (χ1n) is 11.0. The number of nitrogens with zero attached hydrogens (tertiary/aromatic N) is 1. The molecule has 1 aromatic rings. The predicted molar refractivity (Wildman–Crippen MR) is 117 cm³/mol. The number of hydrogen-bond donors (Lipinski definition) is 5. The minimum absolute atomic E-state index is 0.0383. The van der Waals surface area contributed by atoms with E-state index in [1.54, 1.807) is 25.1 Å². The number of carbonyl (C=O) groups is 5. The fourth-order valence-electron chi connectivity index (χ4n) is 5.88. The largest absolute Gasteiger partial charge is 0.507 e. The molecular formula is C23H27N3O8. The van der Waals surface area contributed by atoms with Crippen LogP contribution in [0.15, 0.2) is 12.1 Å². The van der Waals surface area contributed by atoms with Crippen molar-refractivity contribution in [3.05, 3.63) is 23.3 Å². The summed E-state index contributed by atoms with van der Waals surface area (Å²) in [6.45, 7) is -0.465. The van der Waals surface area contributed by atoms with E-state index in [1.165, 1.54) is 6.07 Å². The lowest BCUT2D eigenvalue weighted by atomic mass is 9.52. The number of ketones is 4. The van der Waals surface area contributed by atoms with Gasteiger partial charge in [0, 0.05) is 32.2 Å². The summed E-state index contributed by atoms with van der Waals surface area (Å²) in [6.07, 6.45) is 0.146. The number of benzene rings is 1. The van der Waals surface area contributed by atoms with Gasteiger partial charge in [0.05, 0.1) is 24.1 Å². The summed E-state index contributed by atoms with van der Waals surface area (Å²) in [4.78, 5) is 67.0. The van der Waals surface area contributed by atoms with Crippen molar-refractivity contribution in [2.75, 3.05) is 32.1 Å². The summed E-state index contributed by atoms with van der Waals surface area (Å²) in [5.41, 5.74) is 3.65. The smallest absolute Gasteiger partial charge is 0.235 e. The number of aliphatic hydroxyl groups excluding tert-OH is 1. The zero-order valence-electron chi connectivity index (χ0n) is 18.8. The molecule has 4 rings (SSSR count). The van der Waals surface area contributed by atoms with Crippen LogP contribution < -0.4 is 16.0 Å². The number of rotatable bonds is 5. The number of Topliss-reactive ketones (excluding diaryl/α,β-unsaturated/α-hetero) is 4. The maximum Gasteiger partial charge on any atom is 0.235 e. The zero-order chi connectivity index (χ0) is 25.1. The van der Waals surface area contributed by atoms with E-state index < -0.39 is 64.4 Å². The lowest BCUT2D eigenvalue weighted by Gasteiger charge is -2.51. The van der Waals surface area contributed by atoms with Crippen LogP contribution in [0.5, 0.6) is 5.75 Å². The number of anilines is 1. The average Bonchev–Trinajstić information content (AvgIpc) is 2.75. The Labute approximate surface area is 194 Å². The van der Waals surface area contributed by atoms with Crippen molar-refractivity contribution in [1.29, 1.82) is 0 Å². The molecule has 11 heteroatoms. The average molecular weight is 473 g/mol. The number of hydrogen-bond acceptors (Lipinski definition) is 10. The molecule has 3 aliphatic carbocycles. The molecule has 0 radical (unpaired) electrons. The van der Waals surface area contributed by atoms with Crippen LogP contribution in [-0.4, -0.2) is 83.2 Å². The monoisotopic (exact) mass is 473 g/mol. The number of nitrogens with two attached hydrogens (primary N) is 1. The van der Waals surface area contributed by atoms with Gasteiger partial charge in [-0.15, -0.1) is 0 Å². The maximum atomic E-state index is 13.6. The van der Waals surface area contributed by atoms with Crippen LogP contribution in [0.3, 0.4) is 0 Å². The van der Waals surface area contributed by atoms with Gasteiger partial charge < -0.3 is 31.3 Å². The summed E-state index contributed by atoms with van der Waals surface area (Å²) >= 11 is 0. The van der Waals surface area contributed by atoms with Gasteiger partial charge >= 0.3 is 0 Å². The van der Waals surface area contributed by atoms with E-state index >= 15 is 0 Å². The van der Waals surface area contributed by atoms with Crippen LogP contribution in [0.1, 0.15) is 22.3 Å². The molecule has 0 spiro atoms. The second-order valence-electron chi connectivity index (χ2n) is 9.39. The van der Waals surface area contributed by atoms with Crippen molar-refractivity contribution in [1.82, 2.24) is 5.32 Å². The summed E-state index contributed by atoms with van der Waals surface area (Å²) in [5, 5.41) is 33.9. The number of primary amides is 1. The zero-order valence-corrected chi connectivity index (χ0v) is 18.8. The van der Waals surface area contributed by atoms with E-state index in [0.717, 1.165) is 0 Å². The minimum Gasteiger partial charge on any atom is -0.507 e. The highest BCUT2D eigenvalue weighted by Gasteiger charge is 2.68. The van der Waals surface area contributed by atoms with Gasteiger partial charge in [-0.25, -0.2) is 0 Å². The van der Waals surface area contributed by atoms with Crippen molar-refractivity contribution in [2.45, 2.75) is 24.5 Å². The Bertz CT molecular complexity index is 1120. The van der Waals surface area contributed by atoms with E-state index in [9.17, 15) is 39.3 Å². The molecule has 0 bridgehead atoms. The summed E-state index contributed by atoms with van der Waals surface area (Å²) in [6, 6.07) is 1.70. The number of aliphatic hydroxyl groups is 2. The number of carbonyl (C=O) groups excluding carboxylic acids is 5. The number of phenols is 1. The molecule has 3 unspecified atom stereocenters. The molecule has 0 saturated heterocycles. The van der Waals surface area contributed by atoms with Crippen molar-refractivity contribution >= 4 is 34.7 Å². The molecule has 6 N–H and O–H groups in total. The van der Waals surface area contributed by atoms with Crippen molar-refractivity contribution in [3.8, 4) is 5.75 Å². The van der Waals surface area contributed by atoms with Gasteiger partial charge in [-0.05, 0) is 36.5 Å². The molecule has 0 heterocycles. The van der Waals surface area contributed by atoms with Gasteiger partial charge in [0.2, 0.25) is 5.91 Å². The van der Waals surface area contributed by atoms with E-state index in [4.69, 9.17) is 5.73 Å². The van der Waals surface area contributed by atoms with E-state index in [2.05, 4.69) is 5.32 Å². The molecule has 182 valence electrons. The fourth-order valence-corrected chi connectivity index (χ4v) is 5.88. The van der Waals surface area contributed by atoms with Crippen LogP contribution in [0.4, 0.5) is 5.69 Å². The minimum atomic E-state index is -2.79. The summed E-state index contributed by atoms with van der Waals surface area (Å²) < 4.78 is 0. The summed E-state index contributed by atoms with van der Waals surface area (Å²) in [7, 11) is 3.54. The Hall–Kier alpha value is -3.15. The standard InChI is InChI=1S/C23H27N3O8/c1-26(2)12-3-4-13(28)15-10(12)7-9-8-11-17(25-5-6-27)19(30)16(22(24)33)21(32)23(11,34)20(31)14(9)18(15)29/h3-4,9,11,14,16-17,25,27-28,34H,5-8H2,1-2H3,(H2,24,33)/t9?,11-,14?,16?,17+,23-/m0/s1. The molecule has 1 aromatic carbocycles. The van der Waals surface area contributed by atoms with Crippen LogP contribution in [0, 0.1) is 23.7 Å². The normalized spacial score (nSPS) is 32.6. The highest BCUT2D eigenvalue weighted by molar-refractivity contribution is 6.32. The Kier molecular flexibility index (Phi) is 5.83. The lowest BCUT2D eigenvalue weighted by molar-refractivity contribution is -0.178. The second-order valence-corrected chi connectivity index (χ2v) is 9.39. The summed E-state index contributed by atoms with van der Waals surface area (Å²) in [5.74, 6) is -11.0. The first-order valence-corrected chi connectivity index (χ1v) is 11.0. The van der Waals surface area contributed by atoms with Gasteiger partial charge in [-0.3, -0.25) is 24.0 Å². The van der Waals surface area contributed by atoms with Crippen molar-refractivity contribution in [2.24, 2.45) is 29.4 Å². The molecule has 6 atom stereocenters. The third kappa shape index (κ3) is 3.18. The highest BCUT2D eigenvalue weighted by atomic mass is 16.3. The van der Waals surface area contributed by atoms with Crippen molar-refractivity contribution < 1.29 is 39.3 Å². The van der Waals surface area contributed by atoms with E-state index in [0.29, 0.717) is 11.3 Å². The van der Waals surface area contributed by atoms with Crippen LogP contribution in [0.2, 0.25) is 0 Å². The SMILES string of the molecule is CN(C)c1ccc(O)c2c1CC1C[C@H]3[C@@H](NCCO)C(=O)C(C(N)=O)C(=O)[C@@]3(O)C(=O)C1C2=O. The van der Waals surface area contributed by atoms with Gasteiger partial charge in [0.1, 0.15) is 5.75 Å². The third-order valence-corrected chi connectivity index (χ3v) is 7.36. The van der Waals surface area contributed by atoms with Crippen LogP contribution in [-0.2, 0) is 25.6 Å². The number of aromatic hydroxyl groups is 1. The Morgan fingerprint density at radius 1 is 1.21 bits per heavy atom. The molecule has 2 fully saturated rings. The topological polar surface area (TPSA) is 187 Å². The Balaban J connectivity index is 1.85. The molecule has 3 aliphatic rings. The van der Waals surface area contributed by atoms with E-state index in [1.807, 2.05) is 0 Å². The first-order chi connectivity index (χ1) is 16.0. The maximum absolute atomic E-state index is 13.6. The van der Waals surface area contributed by atoms with Crippen LogP contribution in [0.25, 0.3) is 0 Å². The molecule has 2 saturated carbocycles. The molecule has 0 aliphatic heterocycles. The highest BCUT2D eigenvalue weighted by Crippen LogP contribution is 2.51.